The summed E-state index contributed by atoms with van der Waals surface area (Å²) in [4.78, 5) is 26.1. The first-order valence-electron chi connectivity index (χ1n) is 6.75. The van der Waals surface area contributed by atoms with Crippen LogP contribution in [0.15, 0.2) is 6.20 Å². The van der Waals surface area contributed by atoms with Crippen LogP contribution in [0.3, 0.4) is 0 Å². The smallest absolute Gasteiger partial charge is 0.209 e. The molecule has 2 aliphatic heterocycles. The summed E-state index contributed by atoms with van der Waals surface area (Å²) in [6.45, 7) is 6.16. The summed E-state index contributed by atoms with van der Waals surface area (Å²) in [5, 5.41) is 0. The van der Waals surface area contributed by atoms with Gasteiger partial charge in [0.25, 0.3) is 0 Å². The van der Waals surface area contributed by atoms with Gasteiger partial charge in [-0.2, -0.15) is 6.20 Å². The van der Waals surface area contributed by atoms with Crippen molar-refractivity contribution in [1.82, 2.24) is 14.1 Å². The van der Waals surface area contributed by atoms with Gasteiger partial charge in [-0.15, -0.1) is 5.41 Å². The van der Waals surface area contributed by atoms with Gasteiger partial charge < -0.3 is 25.8 Å². The summed E-state index contributed by atoms with van der Waals surface area (Å²) >= 11 is 1.49. The second kappa shape index (κ2) is 7.80. The molecule has 0 aromatic heterocycles. The Kier molecular flexibility index (Phi) is 6.36. The molecule has 0 saturated carbocycles. The van der Waals surface area contributed by atoms with E-state index in [2.05, 4.69) is 13.1 Å². The Morgan fingerprint density at radius 1 is 1.60 bits per heavy atom. The molecular weight excluding hydrogens is 351 g/mol. The van der Waals surface area contributed by atoms with E-state index in [0.29, 0.717) is 39.0 Å². The first-order valence-corrected chi connectivity index (χ1v) is 7.43. The van der Waals surface area contributed by atoms with Gasteiger partial charge in [0, 0.05) is 58.6 Å². The van der Waals surface area contributed by atoms with Crippen molar-refractivity contribution in [2.45, 2.75) is 12.8 Å². The molecule has 0 atom stereocenters. The quantitative estimate of drug-likeness (QED) is 0.417. The first kappa shape index (κ1) is 16.3. The monoisotopic (exact) mass is 372 g/mol. The van der Waals surface area contributed by atoms with E-state index in [4.69, 9.17) is 1.37 Å². The van der Waals surface area contributed by atoms with Crippen LogP contribution in [0.1, 0.15) is 14.2 Å². The van der Waals surface area contributed by atoms with Crippen LogP contribution in [-0.4, -0.2) is 58.8 Å². The zero-order chi connectivity index (χ0) is 14.8. The van der Waals surface area contributed by atoms with E-state index in [1.807, 2.05) is 10.6 Å². The van der Waals surface area contributed by atoms with Crippen LogP contribution in [0.2, 0.25) is 0 Å². The van der Waals surface area contributed by atoms with Crippen LogP contribution < -0.4 is 0 Å². The molecule has 1 saturated heterocycles. The van der Waals surface area contributed by atoms with Crippen LogP contribution >= 0.6 is 11.9 Å². The average molecular weight is 372 g/mol. The Morgan fingerprint density at radius 3 is 2.75 bits per heavy atom. The molecule has 2 amide bonds. The predicted molar refractivity (Wildman–Crippen MR) is 74.4 cm³/mol. The molecule has 0 spiro atoms. The van der Waals surface area contributed by atoms with Gasteiger partial charge in [0.05, 0.1) is 5.91 Å². The Bertz CT molecular complexity index is 428. The molecule has 0 aliphatic carbocycles. The standard InChI is InChI=1S/C13H19N3O2S.Y/c1-13(3-5-14(11-17)6-4-13)10-15-7-8-16(19-2)9-12(15)18;/h8,11H,1,3-6,9-10H2,2H3;/q-2;/i11T;. The minimum atomic E-state index is -0.636. The molecule has 2 aliphatic rings. The van der Waals surface area contributed by atoms with Gasteiger partial charge >= 0.3 is 0 Å². The van der Waals surface area contributed by atoms with Gasteiger partial charge in [0.2, 0.25) is 6.39 Å². The number of piperidine rings is 1. The van der Waals surface area contributed by atoms with Crippen molar-refractivity contribution in [1.29, 1.82) is 0 Å². The Balaban J connectivity index is 0.00000220. The maximum atomic E-state index is 12.0. The maximum absolute atomic E-state index is 12.0. The van der Waals surface area contributed by atoms with Crippen molar-refractivity contribution in [3.8, 4) is 0 Å². The van der Waals surface area contributed by atoms with E-state index in [-0.39, 0.29) is 44.0 Å². The summed E-state index contributed by atoms with van der Waals surface area (Å²) in [7, 11) is 0. The van der Waals surface area contributed by atoms with E-state index in [9.17, 15) is 9.59 Å². The van der Waals surface area contributed by atoms with E-state index in [0.717, 1.165) is 0 Å². The van der Waals surface area contributed by atoms with Gasteiger partial charge in [-0.05, 0) is 6.54 Å². The number of nitrogens with zero attached hydrogens (tertiary/aromatic N) is 3. The summed E-state index contributed by atoms with van der Waals surface area (Å²) < 4.78 is 8.94. The SMILES string of the molecule is [3H]C(=O)N1CCC([CH2-])(CN2[C-]=CN(SC)CC2=O)CC1.[Y]. The van der Waals surface area contributed by atoms with Crippen LogP contribution in [-0.2, 0) is 42.3 Å². The Morgan fingerprint density at radius 2 is 2.25 bits per heavy atom. The molecule has 7 heteroatoms. The fourth-order valence-electron chi connectivity index (χ4n) is 2.29. The van der Waals surface area contributed by atoms with E-state index in [1.165, 1.54) is 16.8 Å². The van der Waals surface area contributed by atoms with Crippen LogP contribution in [0.4, 0.5) is 0 Å². The molecule has 1 fully saturated rings. The van der Waals surface area contributed by atoms with E-state index in [1.54, 1.807) is 11.1 Å². The third kappa shape index (κ3) is 4.47. The fourth-order valence-corrected chi connectivity index (χ4v) is 2.68. The normalized spacial score (nSPS) is 22.4. The molecule has 2 heterocycles. The minimum absolute atomic E-state index is 0. The summed E-state index contributed by atoms with van der Waals surface area (Å²) in [5.74, 6) is 0.0175. The second-order valence-electron chi connectivity index (χ2n) is 5.07. The molecule has 0 bridgehead atoms. The largest absolute Gasteiger partial charge is 0.481 e. The summed E-state index contributed by atoms with van der Waals surface area (Å²) in [6, 6.07) is 0. The van der Waals surface area contributed by atoms with Gasteiger partial charge in [-0.1, -0.05) is 31.0 Å². The minimum Gasteiger partial charge on any atom is -0.481 e. The molecule has 0 unspecified atom stereocenters. The van der Waals surface area contributed by atoms with Gasteiger partial charge in [0.1, 0.15) is 1.37 Å². The van der Waals surface area contributed by atoms with Gasteiger partial charge in [-0.3, -0.25) is 4.79 Å². The number of rotatable bonds is 3. The van der Waals surface area contributed by atoms with Crippen molar-refractivity contribution < 1.29 is 43.7 Å². The topological polar surface area (TPSA) is 43.9 Å². The Labute approximate surface area is 151 Å². The number of likely N-dealkylation sites (tertiary alicyclic amines) is 1. The zero-order valence-electron chi connectivity index (χ0n) is 12.7. The molecular formula is C13H19N3O2SY-2. The number of hydrogen-bond acceptors (Lipinski definition) is 4. The van der Waals surface area contributed by atoms with E-state index < -0.39 is 6.39 Å². The third-order valence-corrected chi connectivity index (χ3v) is 4.33. The fraction of sp³-hybridized carbons (Fsp3) is 0.615. The van der Waals surface area contributed by atoms with Crippen molar-refractivity contribution in [3.63, 3.8) is 0 Å². The van der Waals surface area contributed by atoms with Crippen molar-refractivity contribution in [2.24, 2.45) is 5.41 Å². The van der Waals surface area contributed by atoms with Crippen LogP contribution in [0.5, 0.6) is 0 Å². The van der Waals surface area contributed by atoms with E-state index >= 15 is 0 Å². The first-order chi connectivity index (χ1) is 9.43. The number of amides is 2. The molecule has 5 nitrogen and oxygen atoms in total. The molecule has 109 valence electrons. The molecule has 1 radical (unpaired) electrons. The molecule has 0 N–H and O–H groups in total. The number of carbonyl (C=O) groups excluding carboxylic acids is 2. The maximum Gasteiger partial charge on any atom is 0.209 e. The molecule has 2 rings (SSSR count). The number of carbonyl (C=O) groups is 2. The second-order valence-corrected chi connectivity index (χ2v) is 5.91. The van der Waals surface area contributed by atoms with Gasteiger partial charge in [-0.25, -0.2) is 0 Å². The van der Waals surface area contributed by atoms with Crippen molar-refractivity contribution >= 4 is 24.2 Å². The Hall–Kier alpha value is -0.0661. The molecule has 20 heavy (non-hydrogen) atoms. The van der Waals surface area contributed by atoms with Gasteiger partial charge in [0.15, 0.2) is 0 Å². The average Bonchev–Trinajstić information content (AvgIpc) is 2.41. The van der Waals surface area contributed by atoms with Crippen molar-refractivity contribution in [2.75, 3.05) is 32.4 Å². The van der Waals surface area contributed by atoms with Crippen LogP contribution in [0.25, 0.3) is 0 Å². The summed E-state index contributed by atoms with van der Waals surface area (Å²) in [6.07, 6.45) is 7.44. The summed E-state index contributed by atoms with van der Waals surface area (Å²) in [5.41, 5.74) is -0.260. The zero-order valence-corrected chi connectivity index (χ0v) is 15.3. The predicted octanol–water partition coefficient (Wildman–Crippen LogP) is 0.753. The number of hydrogen-bond donors (Lipinski definition) is 0. The van der Waals surface area contributed by atoms with Crippen molar-refractivity contribution in [3.05, 3.63) is 19.3 Å². The van der Waals surface area contributed by atoms with Crippen LogP contribution in [0, 0.1) is 18.5 Å². The molecule has 0 aromatic carbocycles. The third-order valence-electron chi connectivity index (χ3n) is 3.63. The molecule has 0 aromatic rings.